The Bertz CT molecular complexity index is 1010. The number of unbranched alkanes of at least 4 members (excludes halogenated alkanes) is 38. The average Bonchev–Trinajstić information content (AvgIpc) is 3.27. The molecule has 10 nitrogen and oxygen atoms in total. The lowest BCUT2D eigenvalue weighted by Gasteiger charge is -2.20. The summed E-state index contributed by atoms with van der Waals surface area (Å²) < 4.78 is 32.9. The van der Waals surface area contributed by atoms with E-state index in [0.29, 0.717) is 12.8 Å². The van der Waals surface area contributed by atoms with E-state index < -0.39 is 51.8 Å². The van der Waals surface area contributed by atoms with Gasteiger partial charge in [0.05, 0.1) is 19.8 Å². The monoisotopic (exact) mass is 919 g/mol. The van der Waals surface area contributed by atoms with Crippen LogP contribution < -0.4 is 0 Å². The molecule has 63 heavy (non-hydrogen) atoms. The molecule has 0 bridgehead atoms. The fourth-order valence-electron chi connectivity index (χ4n) is 8.12. The third kappa shape index (κ3) is 48.7. The second-order valence-electron chi connectivity index (χ2n) is 18.6. The lowest BCUT2D eigenvalue weighted by Crippen LogP contribution is -2.29. The molecule has 0 fully saturated rings. The van der Waals surface area contributed by atoms with Crippen molar-refractivity contribution >= 4 is 19.8 Å². The van der Waals surface area contributed by atoms with E-state index in [1.807, 2.05) is 0 Å². The fourth-order valence-corrected chi connectivity index (χ4v) is 8.91. The van der Waals surface area contributed by atoms with Gasteiger partial charge in [-0.2, -0.15) is 0 Å². The average molecular weight is 919 g/mol. The number of aliphatic hydroxyl groups excluding tert-OH is 2. The molecule has 0 aromatic carbocycles. The molecule has 0 aromatic heterocycles. The molecule has 3 unspecified atom stereocenters. The van der Waals surface area contributed by atoms with E-state index in [0.717, 1.165) is 32.1 Å². The molecule has 3 atom stereocenters. The standard InChI is InChI=1S/C52H103O10P/c1-3-5-7-9-11-13-15-17-19-21-23-25-27-29-31-33-35-37-39-41-43-51(55)59-47-50(48-61-63(57,58)60-46-49(54)45-53)62-52(56)44-42-40-38-36-34-32-30-28-26-24-22-20-18-16-14-12-10-8-6-4-2/h49-50,53-54H,3-48H2,1-2H3,(H,57,58). The molecule has 0 heterocycles. The van der Waals surface area contributed by atoms with Gasteiger partial charge in [0.1, 0.15) is 12.7 Å². The van der Waals surface area contributed by atoms with Gasteiger partial charge < -0.3 is 24.6 Å². The first-order valence-corrected chi connectivity index (χ1v) is 28.5. The van der Waals surface area contributed by atoms with Gasteiger partial charge in [-0.3, -0.25) is 18.6 Å². The van der Waals surface area contributed by atoms with Crippen LogP contribution in [0.2, 0.25) is 0 Å². The van der Waals surface area contributed by atoms with Crippen LogP contribution in [0.25, 0.3) is 0 Å². The lowest BCUT2D eigenvalue weighted by molar-refractivity contribution is -0.161. The maximum atomic E-state index is 12.7. The third-order valence-corrected chi connectivity index (χ3v) is 13.2. The molecule has 376 valence electrons. The first-order valence-electron chi connectivity index (χ1n) is 27.0. The van der Waals surface area contributed by atoms with Crippen LogP contribution in [0.5, 0.6) is 0 Å². The first-order chi connectivity index (χ1) is 30.7. The topological polar surface area (TPSA) is 149 Å². The Balaban J connectivity index is 4.09. The molecule has 0 aromatic rings. The van der Waals surface area contributed by atoms with Gasteiger partial charge in [0.2, 0.25) is 0 Å². The Morgan fingerprint density at radius 1 is 0.413 bits per heavy atom. The number of phosphoric acid groups is 1. The first kappa shape index (κ1) is 62.0. The van der Waals surface area contributed by atoms with E-state index in [1.54, 1.807) is 0 Å². The van der Waals surface area contributed by atoms with Crippen molar-refractivity contribution < 1.29 is 47.8 Å². The molecule has 0 amide bonds. The van der Waals surface area contributed by atoms with E-state index in [1.165, 1.54) is 212 Å². The highest BCUT2D eigenvalue weighted by atomic mass is 31.2. The fraction of sp³-hybridized carbons (Fsp3) is 0.962. The zero-order chi connectivity index (χ0) is 46.2. The molecule has 11 heteroatoms. The second kappa shape index (κ2) is 48.9. The Morgan fingerprint density at radius 2 is 0.683 bits per heavy atom. The lowest BCUT2D eigenvalue weighted by atomic mass is 10.0. The van der Waals surface area contributed by atoms with Crippen LogP contribution in [0, 0.1) is 0 Å². The molecule has 0 aliphatic carbocycles. The second-order valence-corrected chi connectivity index (χ2v) is 20.1. The largest absolute Gasteiger partial charge is 0.472 e. The number of carbonyl (C=O) groups excluding carboxylic acids is 2. The summed E-state index contributed by atoms with van der Waals surface area (Å²) in [6.45, 7) is 2.46. The number of hydrogen-bond acceptors (Lipinski definition) is 9. The number of aliphatic hydroxyl groups is 2. The van der Waals surface area contributed by atoms with E-state index in [2.05, 4.69) is 13.8 Å². The van der Waals surface area contributed by atoms with Crippen LogP contribution in [0.15, 0.2) is 0 Å². The molecule has 3 N–H and O–H groups in total. The minimum absolute atomic E-state index is 0.193. The van der Waals surface area contributed by atoms with Crippen LogP contribution in [0.1, 0.15) is 284 Å². The minimum atomic E-state index is -4.62. The van der Waals surface area contributed by atoms with Gasteiger partial charge in [-0.1, -0.05) is 258 Å². The molecule has 0 aliphatic rings. The summed E-state index contributed by atoms with van der Waals surface area (Å²) in [6, 6.07) is 0. The van der Waals surface area contributed by atoms with Crippen molar-refractivity contribution in [2.45, 2.75) is 296 Å². The summed E-state index contributed by atoms with van der Waals surface area (Å²) >= 11 is 0. The SMILES string of the molecule is CCCCCCCCCCCCCCCCCCCCCCC(=O)OCC(COP(=O)(O)OCC(O)CO)OC(=O)CCCCCCCCCCCCCCCCCCCCCC. The molecule has 0 aliphatic heterocycles. The summed E-state index contributed by atoms with van der Waals surface area (Å²) in [5, 5.41) is 18.4. The number of carbonyl (C=O) groups is 2. The maximum absolute atomic E-state index is 12.7. The van der Waals surface area contributed by atoms with E-state index in [-0.39, 0.29) is 19.4 Å². The number of esters is 2. The van der Waals surface area contributed by atoms with Crippen molar-refractivity contribution in [3.8, 4) is 0 Å². The van der Waals surface area contributed by atoms with Crippen molar-refractivity contribution in [2.24, 2.45) is 0 Å². The van der Waals surface area contributed by atoms with E-state index in [4.69, 9.17) is 23.6 Å². The van der Waals surface area contributed by atoms with Crippen molar-refractivity contribution in [3.63, 3.8) is 0 Å². The van der Waals surface area contributed by atoms with Gasteiger partial charge in [0.15, 0.2) is 6.10 Å². The number of rotatable bonds is 52. The van der Waals surface area contributed by atoms with Crippen molar-refractivity contribution in [1.29, 1.82) is 0 Å². The molecular weight excluding hydrogens is 816 g/mol. The highest BCUT2D eigenvalue weighted by Gasteiger charge is 2.27. The van der Waals surface area contributed by atoms with Gasteiger partial charge >= 0.3 is 19.8 Å². The van der Waals surface area contributed by atoms with Gasteiger partial charge in [0.25, 0.3) is 0 Å². The molecule has 0 spiro atoms. The van der Waals surface area contributed by atoms with Crippen LogP contribution >= 0.6 is 7.82 Å². The molecule has 0 rings (SSSR count). The summed E-state index contributed by atoms with van der Waals surface area (Å²) in [6.07, 6.45) is 49.3. The van der Waals surface area contributed by atoms with Gasteiger partial charge in [-0.25, -0.2) is 4.57 Å². The molecule has 0 saturated carbocycles. The Hall–Kier alpha value is -1.03. The van der Waals surface area contributed by atoms with E-state index in [9.17, 15) is 24.2 Å². The van der Waals surface area contributed by atoms with Gasteiger partial charge in [-0.05, 0) is 12.8 Å². The molecule has 0 radical (unpaired) electrons. The predicted octanol–water partition coefficient (Wildman–Crippen LogP) is 15.4. The summed E-state index contributed by atoms with van der Waals surface area (Å²) in [5.41, 5.74) is 0. The normalized spacial score (nSPS) is 13.5. The highest BCUT2D eigenvalue weighted by Crippen LogP contribution is 2.43. The Morgan fingerprint density at radius 3 is 0.984 bits per heavy atom. The quantitative estimate of drug-likeness (QED) is 0.0306. The molecule has 0 saturated heterocycles. The number of hydrogen-bond donors (Lipinski definition) is 3. The number of phosphoric ester groups is 1. The van der Waals surface area contributed by atoms with Crippen LogP contribution in [0.3, 0.4) is 0 Å². The van der Waals surface area contributed by atoms with Crippen molar-refractivity contribution in [3.05, 3.63) is 0 Å². The Kier molecular flexibility index (Phi) is 48.1. The predicted molar refractivity (Wildman–Crippen MR) is 261 cm³/mol. The maximum Gasteiger partial charge on any atom is 0.472 e. The summed E-state index contributed by atoms with van der Waals surface area (Å²) in [7, 11) is -4.62. The smallest absolute Gasteiger partial charge is 0.462 e. The number of ether oxygens (including phenoxy) is 2. The minimum Gasteiger partial charge on any atom is -0.462 e. The summed E-state index contributed by atoms with van der Waals surface area (Å²) in [5.74, 6) is -0.900. The Labute approximate surface area is 388 Å². The van der Waals surface area contributed by atoms with Crippen LogP contribution in [-0.2, 0) is 32.7 Å². The van der Waals surface area contributed by atoms with Gasteiger partial charge in [0, 0.05) is 12.8 Å². The van der Waals surface area contributed by atoms with Crippen LogP contribution in [-0.4, -0.2) is 65.7 Å². The van der Waals surface area contributed by atoms with Crippen LogP contribution in [0.4, 0.5) is 0 Å². The zero-order valence-electron chi connectivity index (χ0n) is 41.3. The summed E-state index contributed by atoms with van der Waals surface area (Å²) in [4.78, 5) is 35.2. The van der Waals surface area contributed by atoms with Crippen molar-refractivity contribution in [2.75, 3.05) is 26.4 Å². The van der Waals surface area contributed by atoms with Crippen molar-refractivity contribution in [1.82, 2.24) is 0 Å². The third-order valence-electron chi connectivity index (χ3n) is 12.3. The molecular formula is C52H103O10P. The van der Waals surface area contributed by atoms with Gasteiger partial charge in [-0.15, -0.1) is 0 Å². The highest BCUT2D eigenvalue weighted by molar-refractivity contribution is 7.47. The zero-order valence-corrected chi connectivity index (χ0v) is 42.2. The van der Waals surface area contributed by atoms with E-state index >= 15 is 0 Å².